The van der Waals surface area contributed by atoms with Gasteiger partial charge in [0.05, 0.1) is 7.11 Å². The zero-order valence-corrected chi connectivity index (χ0v) is 19.6. The van der Waals surface area contributed by atoms with Crippen LogP contribution < -0.4 is 10.1 Å². The summed E-state index contributed by atoms with van der Waals surface area (Å²) >= 11 is 0. The SMILES string of the molecule is COc1ccc(NC(=O)c2cccc(CN3CCCC3=O)c2)cc1S(=O)(=O)N1CCCCC1. The topological polar surface area (TPSA) is 96.0 Å². The van der Waals surface area contributed by atoms with E-state index in [2.05, 4.69) is 5.32 Å². The number of likely N-dealkylation sites (tertiary alicyclic amines) is 1. The van der Waals surface area contributed by atoms with E-state index < -0.39 is 10.0 Å². The number of methoxy groups -OCH3 is 1. The molecule has 0 bridgehead atoms. The number of hydrogen-bond donors (Lipinski definition) is 1. The zero-order valence-electron chi connectivity index (χ0n) is 18.7. The molecule has 0 aliphatic carbocycles. The fourth-order valence-electron chi connectivity index (χ4n) is 4.31. The molecular formula is C24H29N3O5S. The standard InChI is InChI=1S/C24H29N3O5S/c1-32-21-11-10-20(16-22(21)33(30,31)27-13-3-2-4-14-27)25-24(29)19-8-5-7-18(15-19)17-26-12-6-9-23(26)28/h5,7-8,10-11,15-16H,2-4,6,9,12-14,17H2,1H3,(H,25,29). The average Bonchev–Trinajstić information content (AvgIpc) is 3.24. The van der Waals surface area contributed by atoms with Gasteiger partial charge in [-0.1, -0.05) is 18.6 Å². The Labute approximate surface area is 194 Å². The average molecular weight is 472 g/mol. The van der Waals surface area contributed by atoms with Gasteiger partial charge >= 0.3 is 0 Å². The van der Waals surface area contributed by atoms with Gasteiger partial charge < -0.3 is 15.0 Å². The molecule has 2 aliphatic heterocycles. The van der Waals surface area contributed by atoms with Crippen LogP contribution >= 0.6 is 0 Å². The third-order valence-electron chi connectivity index (χ3n) is 6.09. The fraction of sp³-hybridized carbons (Fsp3) is 0.417. The summed E-state index contributed by atoms with van der Waals surface area (Å²) in [6.07, 6.45) is 4.11. The predicted octanol–water partition coefficient (Wildman–Crippen LogP) is 3.24. The molecule has 0 radical (unpaired) electrons. The maximum Gasteiger partial charge on any atom is 0.255 e. The van der Waals surface area contributed by atoms with Crippen molar-refractivity contribution < 1.29 is 22.7 Å². The van der Waals surface area contributed by atoms with Crippen LogP contribution in [-0.2, 0) is 21.4 Å². The largest absolute Gasteiger partial charge is 0.495 e. The molecule has 9 heteroatoms. The number of nitrogens with zero attached hydrogens (tertiary/aromatic N) is 2. The molecule has 33 heavy (non-hydrogen) atoms. The molecule has 2 fully saturated rings. The number of ether oxygens (including phenoxy) is 1. The Morgan fingerprint density at radius 2 is 1.82 bits per heavy atom. The number of amides is 2. The van der Waals surface area contributed by atoms with Gasteiger partial charge in [-0.25, -0.2) is 8.42 Å². The molecule has 0 aromatic heterocycles. The van der Waals surface area contributed by atoms with E-state index in [1.54, 1.807) is 35.2 Å². The molecule has 2 aliphatic rings. The Bertz CT molecular complexity index is 1140. The maximum absolute atomic E-state index is 13.2. The molecule has 2 saturated heterocycles. The van der Waals surface area contributed by atoms with Gasteiger partial charge in [-0.15, -0.1) is 0 Å². The molecule has 8 nitrogen and oxygen atoms in total. The number of carbonyl (C=O) groups excluding carboxylic acids is 2. The summed E-state index contributed by atoms with van der Waals surface area (Å²) in [6, 6.07) is 11.8. The lowest BCUT2D eigenvalue weighted by Crippen LogP contribution is -2.35. The first-order chi connectivity index (χ1) is 15.9. The van der Waals surface area contributed by atoms with Gasteiger partial charge in [-0.2, -0.15) is 4.31 Å². The van der Waals surface area contributed by atoms with Crippen molar-refractivity contribution in [3.63, 3.8) is 0 Å². The number of anilines is 1. The Morgan fingerprint density at radius 1 is 1.03 bits per heavy atom. The van der Waals surface area contributed by atoms with Crippen LogP contribution in [0.1, 0.15) is 48.0 Å². The quantitative estimate of drug-likeness (QED) is 0.669. The van der Waals surface area contributed by atoms with E-state index in [4.69, 9.17) is 4.74 Å². The summed E-state index contributed by atoms with van der Waals surface area (Å²) in [6.45, 7) is 2.17. The van der Waals surface area contributed by atoms with E-state index in [0.717, 1.165) is 37.8 Å². The second-order valence-electron chi connectivity index (χ2n) is 8.40. The Hall–Kier alpha value is -2.91. The van der Waals surface area contributed by atoms with E-state index in [-0.39, 0.29) is 22.5 Å². The Balaban J connectivity index is 1.53. The lowest BCUT2D eigenvalue weighted by atomic mass is 10.1. The van der Waals surface area contributed by atoms with Crippen LogP contribution in [-0.4, -0.2) is 56.2 Å². The lowest BCUT2D eigenvalue weighted by Gasteiger charge is -2.26. The number of nitrogens with one attached hydrogen (secondary N) is 1. The van der Waals surface area contributed by atoms with Gasteiger partial charge in [0, 0.05) is 43.9 Å². The Kier molecular flexibility index (Phi) is 6.99. The van der Waals surface area contributed by atoms with Crippen molar-refractivity contribution in [2.24, 2.45) is 0 Å². The summed E-state index contributed by atoms with van der Waals surface area (Å²) in [5, 5.41) is 2.80. The number of carbonyl (C=O) groups is 2. The minimum absolute atomic E-state index is 0.0472. The first kappa shape index (κ1) is 23.3. The van der Waals surface area contributed by atoms with E-state index in [1.807, 2.05) is 6.07 Å². The van der Waals surface area contributed by atoms with Crippen LogP contribution in [0.25, 0.3) is 0 Å². The molecule has 2 aromatic carbocycles. The molecule has 0 saturated carbocycles. The van der Waals surface area contributed by atoms with Crippen molar-refractivity contribution in [1.29, 1.82) is 0 Å². The zero-order chi connectivity index (χ0) is 23.4. The Morgan fingerprint density at radius 3 is 2.52 bits per heavy atom. The number of sulfonamides is 1. The molecule has 176 valence electrons. The third-order valence-corrected chi connectivity index (χ3v) is 8.01. The van der Waals surface area contributed by atoms with Crippen LogP contribution in [0.4, 0.5) is 5.69 Å². The van der Waals surface area contributed by atoms with Gasteiger partial charge in [0.2, 0.25) is 15.9 Å². The highest BCUT2D eigenvalue weighted by Crippen LogP contribution is 2.31. The second kappa shape index (κ2) is 9.93. The van der Waals surface area contributed by atoms with Crippen molar-refractivity contribution in [1.82, 2.24) is 9.21 Å². The molecule has 0 spiro atoms. The minimum Gasteiger partial charge on any atom is -0.495 e. The number of piperidine rings is 1. The van der Waals surface area contributed by atoms with Crippen molar-refractivity contribution in [2.75, 3.05) is 32.1 Å². The van der Waals surface area contributed by atoms with Crippen molar-refractivity contribution in [2.45, 2.75) is 43.5 Å². The molecule has 4 rings (SSSR count). The predicted molar refractivity (Wildman–Crippen MR) is 125 cm³/mol. The molecule has 2 aromatic rings. The van der Waals surface area contributed by atoms with Gasteiger partial charge in [0.25, 0.3) is 5.91 Å². The summed E-state index contributed by atoms with van der Waals surface area (Å²) in [5.41, 5.74) is 1.69. The number of hydrogen-bond acceptors (Lipinski definition) is 5. The third kappa shape index (κ3) is 5.20. The van der Waals surface area contributed by atoms with Crippen LogP contribution in [0.15, 0.2) is 47.4 Å². The van der Waals surface area contributed by atoms with Crippen molar-refractivity contribution >= 4 is 27.5 Å². The van der Waals surface area contributed by atoms with Crippen LogP contribution in [0.2, 0.25) is 0 Å². The van der Waals surface area contributed by atoms with Gasteiger partial charge in [-0.05, 0) is 55.2 Å². The summed E-state index contributed by atoms with van der Waals surface area (Å²) < 4.78 is 33.2. The monoisotopic (exact) mass is 471 g/mol. The normalized spacial score (nSPS) is 17.2. The molecule has 0 atom stereocenters. The van der Waals surface area contributed by atoms with Gasteiger partial charge in [-0.3, -0.25) is 9.59 Å². The molecule has 2 amide bonds. The van der Waals surface area contributed by atoms with Crippen molar-refractivity contribution in [3.8, 4) is 5.75 Å². The summed E-state index contributed by atoms with van der Waals surface area (Å²) in [7, 11) is -2.30. The molecule has 2 heterocycles. The second-order valence-corrected chi connectivity index (χ2v) is 10.3. The number of benzene rings is 2. The van der Waals surface area contributed by atoms with Gasteiger partial charge in [0.15, 0.2) is 0 Å². The van der Waals surface area contributed by atoms with Gasteiger partial charge in [0.1, 0.15) is 10.6 Å². The van der Waals surface area contributed by atoms with Crippen LogP contribution in [0.3, 0.4) is 0 Å². The van der Waals surface area contributed by atoms with E-state index >= 15 is 0 Å². The summed E-state index contributed by atoms with van der Waals surface area (Å²) in [4.78, 5) is 26.6. The molecular weight excluding hydrogens is 442 g/mol. The summed E-state index contributed by atoms with van der Waals surface area (Å²) in [5.74, 6) is 0.0254. The highest BCUT2D eigenvalue weighted by molar-refractivity contribution is 7.89. The minimum atomic E-state index is -3.73. The highest BCUT2D eigenvalue weighted by atomic mass is 32.2. The number of rotatable bonds is 7. The van der Waals surface area contributed by atoms with Crippen LogP contribution in [0.5, 0.6) is 5.75 Å². The fourth-order valence-corrected chi connectivity index (χ4v) is 6.00. The van der Waals surface area contributed by atoms with E-state index in [9.17, 15) is 18.0 Å². The molecule has 1 N–H and O–H groups in total. The smallest absolute Gasteiger partial charge is 0.255 e. The first-order valence-electron chi connectivity index (χ1n) is 11.2. The van der Waals surface area contributed by atoms with Crippen molar-refractivity contribution in [3.05, 3.63) is 53.6 Å². The van der Waals surface area contributed by atoms with E-state index in [0.29, 0.717) is 37.3 Å². The van der Waals surface area contributed by atoms with E-state index in [1.165, 1.54) is 17.5 Å². The lowest BCUT2D eigenvalue weighted by molar-refractivity contribution is -0.128. The first-order valence-corrected chi connectivity index (χ1v) is 12.7. The highest BCUT2D eigenvalue weighted by Gasteiger charge is 2.29. The maximum atomic E-state index is 13.2. The van der Waals surface area contributed by atoms with Crippen LogP contribution in [0, 0.1) is 0 Å². The molecule has 0 unspecified atom stereocenters.